The van der Waals surface area contributed by atoms with E-state index in [9.17, 15) is 9.90 Å². The number of anilines is 1. The summed E-state index contributed by atoms with van der Waals surface area (Å²) < 4.78 is 11.2. The zero-order chi connectivity index (χ0) is 19.7. The molecular weight excluding hydrogens is 346 g/mol. The normalized spacial score (nSPS) is 12.3. The van der Waals surface area contributed by atoms with Gasteiger partial charge in [-0.2, -0.15) is 0 Å². The molecule has 0 saturated carbocycles. The van der Waals surface area contributed by atoms with Crippen LogP contribution < -0.4 is 10.1 Å². The molecule has 6 nitrogen and oxygen atoms in total. The van der Waals surface area contributed by atoms with E-state index in [0.717, 1.165) is 5.56 Å². The molecule has 0 aliphatic carbocycles. The topological polar surface area (TPSA) is 88.0 Å². The van der Waals surface area contributed by atoms with Crippen LogP contribution in [-0.4, -0.2) is 36.1 Å². The molecule has 146 valence electrons. The third kappa shape index (κ3) is 6.27. The summed E-state index contributed by atoms with van der Waals surface area (Å²) in [4.78, 5) is 12.4. The van der Waals surface area contributed by atoms with E-state index in [1.54, 1.807) is 24.3 Å². The molecule has 2 aromatic carbocycles. The fourth-order valence-electron chi connectivity index (χ4n) is 2.80. The zero-order valence-corrected chi connectivity index (χ0v) is 15.7. The molecule has 0 bridgehead atoms. The number of rotatable bonds is 9. The Hall–Kier alpha value is -2.57. The largest absolute Gasteiger partial charge is 0.491 e. The monoisotopic (exact) mass is 373 g/mol. The highest BCUT2D eigenvalue weighted by Crippen LogP contribution is 2.40. The van der Waals surface area contributed by atoms with Crippen LogP contribution in [0.5, 0.6) is 5.75 Å². The summed E-state index contributed by atoms with van der Waals surface area (Å²) >= 11 is 0. The number of nitrogens with one attached hydrogen (secondary N) is 1. The molecule has 3 N–H and O–H groups in total. The molecule has 0 heterocycles. The number of hydrogen-bond donors (Lipinski definition) is 3. The molecule has 0 aromatic heterocycles. The van der Waals surface area contributed by atoms with E-state index in [0.29, 0.717) is 17.9 Å². The van der Waals surface area contributed by atoms with Crippen molar-refractivity contribution in [3.63, 3.8) is 0 Å². The number of hydrogen-bond acceptors (Lipinski definition) is 5. The lowest BCUT2D eigenvalue weighted by Crippen LogP contribution is -2.29. The molecule has 0 aliphatic rings. The van der Waals surface area contributed by atoms with Gasteiger partial charge in [0.05, 0.1) is 6.61 Å². The highest BCUT2D eigenvalue weighted by molar-refractivity contribution is 5.84. The molecule has 0 radical (unpaired) electrons. The number of aliphatic hydroxyl groups is 2. The van der Waals surface area contributed by atoms with Crippen molar-refractivity contribution in [2.45, 2.75) is 26.4 Å². The van der Waals surface area contributed by atoms with Crippen LogP contribution in [0, 0.1) is 5.41 Å². The molecule has 1 amide bonds. The van der Waals surface area contributed by atoms with Gasteiger partial charge >= 0.3 is 6.09 Å². The number of ether oxygens (including phenoxy) is 2. The number of carbonyl (C=O) groups is 1. The number of para-hydroxylation sites is 1. The van der Waals surface area contributed by atoms with Crippen molar-refractivity contribution in [1.82, 2.24) is 0 Å². The Morgan fingerprint density at radius 2 is 1.81 bits per heavy atom. The average molecular weight is 373 g/mol. The Morgan fingerprint density at radius 1 is 1.07 bits per heavy atom. The van der Waals surface area contributed by atoms with Gasteiger partial charge in [-0.25, -0.2) is 4.79 Å². The molecule has 1 atom stereocenters. The van der Waals surface area contributed by atoms with E-state index in [2.05, 4.69) is 5.32 Å². The van der Waals surface area contributed by atoms with Crippen molar-refractivity contribution >= 4 is 11.8 Å². The molecule has 0 fully saturated rings. The Balaban J connectivity index is 2.22. The van der Waals surface area contributed by atoms with Gasteiger partial charge in [0.1, 0.15) is 18.5 Å². The second-order valence-electron chi connectivity index (χ2n) is 6.88. The molecular formula is C21H27NO5. The summed E-state index contributed by atoms with van der Waals surface area (Å²) in [6.07, 6.45) is -0.706. The molecule has 6 heteroatoms. The minimum absolute atomic E-state index is 0.0200. The maximum Gasteiger partial charge on any atom is 0.412 e. The molecule has 0 spiro atoms. The van der Waals surface area contributed by atoms with Crippen LogP contribution >= 0.6 is 0 Å². The van der Waals surface area contributed by atoms with E-state index in [1.807, 2.05) is 44.2 Å². The first kappa shape index (κ1) is 20.7. The van der Waals surface area contributed by atoms with E-state index in [1.165, 1.54) is 0 Å². The number of aliphatic hydroxyl groups excluding tert-OH is 2. The van der Waals surface area contributed by atoms with Crippen molar-refractivity contribution in [3.8, 4) is 5.75 Å². The quantitative estimate of drug-likeness (QED) is 0.623. The third-order valence-electron chi connectivity index (χ3n) is 4.23. The molecule has 27 heavy (non-hydrogen) atoms. The van der Waals surface area contributed by atoms with Gasteiger partial charge in [0.25, 0.3) is 0 Å². The summed E-state index contributed by atoms with van der Waals surface area (Å²) in [5.41, 5.74) is 0.895. The van der Waals surface area contributed by atoms with Gasteiger partial charge in [-0.05, 0) is 36.2 Å². The van der Waals surface area contributed by atoms with Crippen LogP contribution in [0.1, 0.15) is 31.9 Å². The van der Waals surface area contributed by atoms with Crippen molar-refractivity contribution < 1.29 is 24.5 Å². The molecule has 0 saturated heterocycles. The SMILES string of the molecule is CC(C)(CCO)[C@@H](OC(=O)Nc1ccccc1)c1cccc(OCCO)c1. The maximum absolute atomic E-state index is 12.4. The van der Waals surface area contributed by atoms with Crippen LogP contribution in [0.3, 0.4) is 0 Å². The van der Waals surface area contributed by atoms with Gasteiger partial charge in [-0.15, -0.1) is 0 Å². The minimum Gasteiger partial charge on any atom is -0.491 e. The third-order valence-corrected chi connectivity index (χ3v) is 4.23. The fraction of sp³-hybridized carbons (Fsp3) is 0.381. The van der Waals surface area contributed by atoms with Gasteiger partial charge in [-0.3, -0.25) is 5.32 Å². The van der Waals surface area contributed by atoms with Gasteiger partial charge in [0.2, 0.25) is 0 Å². The molecule has 2 rings (SSSR count). The Bertz CT molecular complexity index is 718. The summed E-state index contributed by atoms with van der Waals surface area (Å²) in [5.74, 6) is 0.582. The Labute approximate surface area is 159 Å². The lowest BCUT2D eigenvalue weighted by atomic mass is 9.80. The number of carbonyl (C=O) groups excluding carboxylic acids is 1. The first-order chi connectivity index (χ1) is 13.0. The van der Waals surface area contributed by atoms with Crippen LogP contribution in [0.15, 0.2) is 54.6 Å². The summed E-state index contributed by atoms with van der Waals surface area (Å²) in [6, 6.07) is 16.3. The second-order valence-corrected chi connectivity index (χ2v) is 6.88. The van der Waals surface area contributed by atoms with Gasteiger partial charge in [-0.1, -0.05) is 44.2 Å². The second kappa shape index (κ2) is 9.94. The highest BCUT2D eigenvalue weighted by atomic mass is 16.6. The van der Waals surface area contributed by atoms with Crippen molar-refractivity contribution in [2.24, 2.45) is 5.41 Å². The van der Waals surface area contributed by atoms with Crippen molar-refractivity contribution in [2.75, 3.05) is 25.1 Å². The summed E-state index contributed by atoms with van der Waals surface area (Å²) in [6.45, 7) is 3.95. The van der Waals surface area contributed by atoms with Gasteiger partial charge < -0.3 is 19.7 Å². The lowest BCUT2D eigenvalue weighted by molar-refractivity contribution is 0.0150. The molecule has 0 unspecified atom stereocenters. The molecule has 0 aliphatic heterocycles. The summed E-state index contributed by atoms with van der Waals surface area (Å²) in [5, 5.41) is 21.1. The van der Waals surface area contributed by atoms with E-state index < -0.39 is 17.6 Å². The van der Waals surface area contributed by atoms with Crippen molar-refractivity contribution in [3.05, 3.63) is 60.2 Å². The molecule has 2 aromatic rings. The van der Waals surface area contributed by atoms with Crippen LogP contribution in [0.25, 0.3) is 0 Å². The zero-order valence-electron chi connectivity index (χ0n) is 15.7. The first-order valence-corrected chi connectivity index (χ1v) is 8.93. The average Bonchev–Trinajstić information content (AvgIpc) is 2.65. The number of amides is 1. The highest BCUT2D eigenvalue weighted by Gasteiger charge is 2.34. The predicted octanol–water partition coefficient (Wildman–Crippen LogP) is 3.76. The van der Waals surface area contributed by atoms with E-state index in [4.69, 9.17) is 14.6 Å². The standard InChI is InChI=1S/C21H27NO5/c1-21(2,11-12-23)19(16-7-6-10-18(15-16)26-14-13-24)27-20(25)22-17-8-4-3-5-9-17/h3-10,15,19,23-24H,11-14H2,1-2H3,(H,22,25)/t19-/m0/s1. The van der Waals surface area contributed by atoms with Crippen molar-refractivity contribution in [1.29, 1.82) is 0 Å². The first-order valence-electron chi connectivity index (χ1n) is 8.93. The smallest absolute Gasteiger partial charge is 0.412 e. The Kier molecular flexibility index (Phi) is 7.64. The van der Waals surface area contributed by atoms with Gasteiger partial charge in [0, 0.05) is 17.7 Å². The Morgan fingerprint density at radius 3 is 2.48 bits per heavy atom. The maximum atomic E-state index is 12.4. The van der Waals surface area contributed by atoms with Crippen LogP contribution in [0.2, 0.25) is 0 Å². The number of benzene rings is 2. The lowest BCUT2D eigenvalue weighted by Gasteiger charge is -2.34. The summed E-state index contributed by atoms with van der Waals surface area (Å²) in [7, 11) is 0. The van der Waals surface area contributed by atoms with E-state index >= 15 is 0 Å². The van der Waals surface area contributed by atoms with Crippen LogP contribution in [0.4, 0.5) is 10.5 Å². The van der Waals surface area contributed by atoms with Gasteiger partial charge in [0.15, 0.2) is 0 Å². The predicted molar refractivity (Wildman–Crippen MR) is 104 cm³/mol. The van der Waals surface area contributed by atoms with Crippen LogP contribution in [-0.2, 0) is 4.74 Å². The fourth-order valence-corrected chi connectivity index (χ4v) is 2.80. The minimum atomic E-state index is -0.592. The van der Waals surface area contributed by atoms with E-state index in [-0.39, 0.29) is 19.8 Å².